The van der Waals surface area contributed by atoms with Crippen molar-refractivity contribution in [1.29, 1.82) is 0 Å². The number of ether oxygens (including phenoxy) is 1. The first-order valence-corrected chi connectivity index (χ1v) is 6.06. The molecule has 1 aliphatic heterocycles. The maximum absolute atomic E-state index is 5.76. The topological polar surface area (TPSA) is 50.3 Å². The van der Waals surface area contributed by atoms with E-state index in [1.807, 2.05) is 6.92 Å². The van der Waals surface area contributed by atoms with Crippen LogP contribution in [0.25, 0.3) is 0 Å². The van der Waals surface area contributed by atoms with E-state index < -0.39 is 0 Å². The Kier molecular flexibility index (Phi) is 4.15. The summed E-state index contributed by atoms with van der Waals surface area (Å²) in [6.07, 6.45) is 1.91. The van der Waals surface area contributed by atoms with E-state index >= 15 is 0 Å². The number of aromatic nitrogens is 2. The molecule has 2 rings (SSSR count). The number of morpholine rings is 1. The number of halogens is 1. The molecule has 2 heterocycles. The first kappa shape index (κ1) is 12.5. The predicted octanol–water partition coefficient (Wildman–Crippen LogP) is 1.18. The van der Waals surface area contributed by atoms with Gasteiger partial charge >= 0.3 is 0 Å². The van der Waals surface area contributed by atoms with Gasteiger partial charge in [-0.1, -0.05) is 0 Å². The van der Waals surface area contributed by atoms with Crippen molar-refractivity contribution in [1.82, 2.24) is 14.9 Å². The average Bonchev–Trinajstić information content (AvgIpc) is 2.30. The Morgan fingerprint density at radius 2 is 2.47 bits per heavy atom. The Morgan fingerprint density at radius 3 is 3.24 bits per heavy atom. The molecule has 0 aromatic carbocycles. The Labute approximate surface area is 106 Å². The minimum Gasteiger partial charge on any atom is -0.374 e. The number of nitrogens with one attached hydrogen (secondary N) is 1. The third kappa shape index (κ3) is 3.52. The van der Waals surface area contributed by atoms with Gasteiger partial charge in [0.15, 0.2) is 0 Å². The van der Waals surface area contributed by atoms with E-state index in [1.54, 1.807) is 6.20 Å². The van der Waals surface area contributed by atoms with E-state index in [-0.39, 0.29) is 11.4 Å². The van der Waals surface area contributed by atoms with Gasteiger partial charge in [0.2, 0.25) is 5.28 Å². The monoisotopic (exact) mass is 256 g/mol. The van der Waals surface area contributed by atoms with Crippen LogP contribution in [-0.4, -0.2) is 54.3 Å². The lowest BCUT2D eigenvalue weighted by atomic mass is 10.2. The summed E-state index contributed by atoms with van der Waals surface area (Å²) in [4.78, 5) is 10.3. The van der Waals surface area contributed by atoms with Crippen LogP contribution in [0.4, 0.5) is 5.82 Å². The molecule has 17 heavy (non-hydrogen) atoms. The summed E-state index contributed by atoms with van der Waals surface area (Å²) in [5.74, 6) is 0.779. The van der Waals surface area contributed by atoms with Crippen molar-refractivity contribution in [3.63, 3.8) is 0 Å². The summed E-state index contributed by atoms with van der Waals surface area (Å²) in [6, 6.07) is 0. The van der Waals surface area contributed by atoms with Crippen molar-refractivity contribution >= 4 is 17.4 Å². The highest BCUT2D eigenvalue weighted by atomic mass is 35.5. The molecule has 1 atom stereocenters. The molecule has 5 nitrogen and oxygen atoms in total. The van der Waals surface area contributed by atoms with E-state index in [2.05, 4.69) is 27.2 Å². The molecule has 1 unspecified atom stereocenters. The van der Waals surface area contributed by atoms with Crippen molar-refractivity contribution in [2.24, 2.45) is 0 Å². The van der Waals surface area contributed by atoms with Crippen LogP contribution in [0.1, 0.15) is 5.56 Å². The number of rotatable bonds is 3. The van der Waals surface area contributed by atoms with Gasteiger partial charge in [0.05, 0.1) is 12.7 Å². The lowest BCUT2D eigenvalue weighted by Crippen LogP contribution is -2.43. The molecular formula is C11H17ClN4O. The quantitative estimate of drug-likeness (QED) is 0.823. The molecule has 0 spiro atoms. The molecule has 0 bridgehead atoms. The molecule has 1 saturated heterocycles. The zero-order chi connectivity index (χ0) is 12.3. The average molecular weight is 257 g/mol. The van der Waals surface area contributed by atoms with Gasteiger partial charge in [-0.15, -0.1) is 0 Å². The number of hydrogen-bond donors (Lipinski definition) is 1. The van der Waals surface area contributed by atoms with Gasteiger partial charge in [-0.3, -0.25) is 0 Å². The summed E-state index contributed by atoms with van der Waals surface area (Å²) < 4.78 is 5.66. The molecule has 1 aromatic rings. The third-order valence-electron chi connectivity index (χ3n) is 2.78. The Bertz CT molecular complexity index is 388. The van der Waals surface area contributed by atoms with Gasteiger partial charge in [0, 0.05) is 31.4 Å². The predicted molar refractivity (Wildman–Crippen MR) is 67.5 cm³/mol. The van der Waals surface area contributed by atoms with Crippen molar-refractivity contribution in [3.8, 4) is 0 Å². The first-order valence-electron chi connectivity index (χ1n) is 5.68. The van der Waals surface area contributed by atoms with E-state index in [4.69, 9.17) is 16.3 Å². The van der Waals surface area contributed by atoms with E-state index in [0.717, 1.165) is 37.6 Å². The molecule has 1 aliphatic rings. The number of hydrogen-bond acceptors (Lipinski definition) is 5. The second kappa shape index (κ2) is 5.62. The molecule has 0 aliphatic carbocycles. The standard InChI is InChI=1S/C11H17ClN4O/c1-8-5-14-11(12)15-10(8)13-6-9-7-16(2)3-4-17-9/h5,9H,3-4,6-7H2,1-2H3,(H,13,14,15). The van der Waals surface area contributed by atoms with Gasteiger partial charge in [0.25, 0.3) is 0 Å². The summed E-state index contributed by atoms with van der Waals surface area (Å²) in [5.41, 5.74) is 0.985. The zero-order valence-electron chi connectivity index (χ0n) is 10.1. The Hall–Kier alpha value is -0.910. The van der Waals surface area contributed by atoms with Crippen LogP contribution in [0.5, 0.6) is 0 Å². The van der Waals surface area contributed by atoms with Gasteiger partial charge in [-0.05, 0) is 25.6 Å². The van der Waals surface area contributed by atoms with Crippen molar-refractivity contribution in [3.05, 3.63) is 17.0 Å². The van der Waals surface area contributed by atoms with Crippen LogP contribution in [0.15, 0.2) is 6.20 Å². The van der Waals surface area contributed by atoms with Crippen molar-refractivity contribution in [2.45, 2.75) is 13.0 Å². The van der Waals surface area contributed by atoms with Gasteiger partial charge in [0.1, 0.15) is 5.82 Å². The van der Waals surface area contributed by atoms with Crippen LogP contribution in [0.2, 0.25) is 5.28 Å². The van der Waals surface area contributed by atoms with Crippen molar-refractivity contribution in [2.75, 3.05) is 38.6 Å². The second-order valence-corrected chi connectivity index (χ2v) is 4.64. The maximum atomic E-state index is 5.76. The summed E-state index contributed by atoms with van der Waals surface area (Å²) >= 11 is 5.76. The normalized spacial score (nSPS) is 21.5. The Balaban J connectivity index is 1.90. The fourth-order valence-electron chi connectivity index (χ4n) is 1.80. The molecule has 94 valence electrons. The van der Waals surface area contributed by atoms with Crippen LogP contribution in [0.3, 0.4) is 0 Å². The number of aryl methyl sites for hydroxylation is 1. The molecule has 0 radical (unpaired) electrons. The minimum absolute atomic E-state index is 0.196. The molecule has 0 amide bonds. The highest BCUT2D eigenvalue weighted by Crippen LogP contribution is 2.13. The lowest BCUT2D eigenvalue weighted by Gasteiger charge is -2.30. The highest BCUT2D eigenvalue weighted by molar-refractivity contribution is 6.28. The fourth-order valence-corrected chi connectivity index (χ4v) is 1.93. The zero-order valence-corrected chi connectivity index (χ0v) is 10.9. The van der Waals surface area contributed by atoms with Gasteiger partial charge in [-0.2, -0.15) is 0 Å². The first-order chi connectivity index (χ1) is 8.15. The second-order valence-electron chi connectivity index (χ2n) is 4.31. The highest BCUT2D eigenvalue weighted by Gasteiger charge is 2.17. The smallest absolute Gasteiger partial charge is 0.224 e. The van der Waals surface area contributed by atoms with Crippen LogP contribution >= 0.6 is 11.6 Å². The maximum Gasteiger partial charge on any atom is 0.224 e. The van der Waals surface area contributed by atoms with Gasteiger partial charge in [-0.25, -0.2) is 9.97 Å². The van der Waals surface area contributed by atoms with Crippen LogP contribution in [-0.2, 0) is 4.74 Å². The number of nitrogens with zero attached hydrogens (tertiary/aromatic N) is 3. The summed E-state index contributed by atoms with van der Waals surface area (Å²) in [7, 11) is 2.10. The number of anilines is 1. The molecule has 0 saturated carbocycles. The van der Waals surface area contributed by atoms with E-state index in [9.17, 15) is 0 Å². The van der Waals surface area contributed by atoms with E-state index in [1.165, 1.54) is 0 Å². The summed E-state index contributed by atoms with van der Waals surface area (Å²) in [6.45, 7) is 5.40. The molecule has 1 N–H and O–H groups in total. The lowest BCUT2D eigenvalue weighted by molar-refractivity contribution is -0.0117. The third-order valence-corrected chi connectivity index (χ3v) is 2.96. The van der Waals surface area contributed by atoms with Crippen molar-refractivity contribution < 1.29 is 4.74 Å². The molecule has 1 fully saturated rings. The number of likely N-dealkylation sites (N-methyl/N-ethyl adjacent to an activating group) is 1. The van der Waals surface area contributed by atoms with Crippen LogP contribution in [0, 0.1) is 6.92 Å². The minimum atomic E-state index is 0.196. The fraction of sp³-hybridized carbons (Fsp3) is 0.636. The Morgan fingerprint density at radius 1 is 1.65 bits per heavy atom. The largest absolute Gasteiger partial charge is 0.374 e. The SMILES string of the molecule is Cc1cnc(Cl)nc1NCC1CN(C)CCO1. The molecule has 1 aromatic heterocycles. The summed E-state index contributed by atoms with van der Waals surface area (Å²) in [5, 5.41) is 3.52. The van der Waals surface area contributed by atoms with Crippen LogP contribution < -0.4 is 5.32 Å². The van der Waals surface area contributed by atoms with Gasteiger partial charge < -0.3 is 15.0 Å². The van der Waals surface area contributed by atoms with E-state index in [0.29, 0.717) is 0 Å². The molecule has 6 heteroatoms. The molecular weight excluding hydrogens is 240 g/mol.